The number of rotatable bonds is 10. The lowest BCUT2D eigenvalue weighted by atomic mass is 10.0. The zero-order valence-corrected chi connectivity index (χ0v) is 26.5. The minimum absolute atomic E-state index is 0.0746. The number of amides is 3. The fraction of sp³-hybridized carbons (Fsp3) is 0.500. The highest BCUT2D eigenvalue weighted by Gasteiger charge is 2.20. The second-order valence-electron chi connectivity index (χ2n) is 12.1. The van der Waals surface area contributed by atoms with Gasteiger partial charge >= 0.3 is 6.03 Å². The van der Waals surface area contributed by atoms with Crippen LogP contribution in [0.15, 0.2) is 36.5 Å². The van der Waals surface area contributed by atoms with Crippen LogP contribution in [0.1, 0.15) is 40.5 Å². The van der Waals surface area contributed by atoms with E-state index in [1.165, 1.54) is 0 Å². The number of likely N-dealkylation sites (N-methyl/N-ethyl adjacent to an activating group) is 1. The first-order valence-electron chi connectivity index (χ1n) is 14.8. The lowest BCUT2D eigenvalue weighted by Crippen LogP contribution is -2.44. The normalized spacial score (nSPS) is 14.4. The summed E-state index contributed by atoms with van der Waals surface area (Å²) in [6, 6.07) is 8.86. The lowest BCUT2D eigenvalue weighted by molar-refractivity contribution is -0.116. The molecule has 3 aromatic rings. The summed E-state index contributed by atoms with van der Waals surface area (Å²) >= 11 is 0. The van der Waals surface area contributed by atoms with Gasteiger partial charge in [0.05, 0.1) is 19.7 Å². The number of pyridine rings is 2. The number of carbonyl (C=O) groups excluding carboxylic acids is 2. The summed E-state index contributed by atoms with van der Waals surface area (Å²) in [5.74, 6) is 2.04. The number of fused-ring (bicyclic) bond motifs is 1. The Kier molecular flexibility index (Phi) is 10.4. The van der Waals surface area contributed by atoms with Crippen LogP contribution in [0.5, 0.6) is 11.5 Å². The SMILES string of the molecule is COc1cc(OC)cc(-c2cc3cnc(N(CCCCN4CCN(C)CC4)C(C)=O)cc3nc2NC(=O)NC(C)(C)C)c1. The molecular formula is C32H45N7O4. The summed E-state index contributed by atoms with van der Waals surface area (Å²) in [6.45, 7) is 13.2. The topological polar surface area (TPSA) is 112 Å². The van der Waals surface area contributed by atoms with Crippen molar-refractivity contribution in [1.29, 1.82) is 0 Å². The van der Waals surface area contributed by atoms with Crippen LogP contribution >= 0.6 is 0 Å². The van der Waals surface area contributed by atoms with Crippen LogP contribution in [0.2, 0.25) is 0 Å². The molecule has 1 aliphatic heterocycles. The van der Waals surface area contributed by atoms with Crippen LogP contribution in [0, 0.1) is 0 Å². The average molecular weight is 592 g/mol. The molecule has 11 heteroatoms. The van der Waals surface area contributed by atoms with Crippen molar-refractivity contribution >= 4 is 34.5 Å². The van der Waals surface area contributed by atoms with Crippen molar-refractivity contribution in [2.24, 2.45) is 0 Å². The Hall–Kier alpha value is -3.96. The van der Waals surface area contributed by atoms with E-state index in [-0.39, 0.29) is 11.9 Å². The quantitative estimate of drug-likeness (QED) is 0.329. The van der Waals surface area contributed by atoms with Gasteiger partial charge < -0.3 is 24.6 Å². The first-order valence-corrected chi connectivity index (χ1v) is 14.8. The number of ether oxygens (including phenoxy) is 2. The number of hydrogen-bond donors (Lipinski definition) is 2. The van der Waals surface area contributed by atoms with Gasteiger partial charge in [-0.05, 0) is 71.0 Å². The molecule has 3 heterocycles. The molecule has 0 radical (unpaired) electrons. The number of anilines is 2. The van der Waals surface area contributed by atoms with Gasteiger partial charge in [-0.3, -0.25) is 15.0 Å². The van der Waals surface area contributed by atoms with Crippen molar-refractivity contribution in [3.05, 3.63) is 36.5 Å². The predicted molar refractivity (Wildman–Crippen MR) is 171 cm³/mol. The van der Waals surface area contributed by atoms with E-state index >= 15 is 0 Å². The smallest absolute Gasteiger partial charge is 0.320 e. The van der Waals surface area contributed by atoms with Gasteiger partial charge in [0.2, 0.25) is 5.91 Å². The lowest BCUT2D eigenvalue weighted by Gasteiger charge is -2.32. The second-order valence-corrected chi connectivity index (χ2v) is 12.1. The fourth-order valence-corrected chi connectivity index (χ4v) is 5.07. The summed E-state index contributed by atoms with van der Waals surface area (Å²) in [7, 11) is 5.33. The largest absolute Gasteiger partial charge is 0.497 e. The number of methoxy groups -OCH3 is 2. The van der Waals surface area contributed by atoms with Gasteiger partial charge in [-0.25, -0.2) is 14.8 Å². The molecule has 0 saturated carbocycles. The van der Waals surface area contributed by atoms with E-state index in [2.05, 4.69) is 32.5 Å². The van der Waals surface area contributed by atoms with Crippen molar-refractivity contribution in [3.63, 3.8) is 0 Å². The van der Waals surface area contributed by atoms with E-state index in [1.54, 1.807) is 44.4 Å². The Morgan fingerprint density at radius 3 is 2.26 bits per heavy atom. The number of benzene rings is 1. The van der Waals surface area contributed by atoms with Crippen LogP contribution in [0.4, 0.5) is 16.4 Å². The molecule has 0 aliphatic carbocycles. The Labute approximate surface area is 254 Å². The van der Waals surface area contributed by atoms with Crippen LogP contribution < -0.4 is 25.0 Å². The molecule has 1 aliphatic rings. The molecule has 43 heavy (non-hydrogen) atoms. The molecule has 2 N–H and O–H groups in total. The maximum atomic E-state index is 13.0. The maximum Gasteiger partial charge on any atom is 0.320 e. The van der Waals surface area contributed by atoms with Gasteiger partial charge in [0.1, 0.15) is 23.1 Å². The van der Waals surface area contributed by atoms with Crippen molar-refractivity contribution in [2.75, 3.05) is 70.8 Å². The highest BCUT2D eigenvalue weighted by Crippen LogP contribution is 2.35. The second kappa shape index (κ2) is 14.0. The van der Waals surface area contributed by atoms with Gasteiger partial charge in [0.15, 0.2) is 0 Å². The Morgan fingerprint density at radius 1 is 0.977 bits per heavy atom. The third-order valence-electron chi connectivity index (χ3n) is 7.43. The molecule has 11 nitrogen and oxygen atoms in total. The van der Waals surface area contributed by atoms with Crippen molar-refractivity contribution < 1.29 is 19.1 Å². The number of nitrogens with zero attached hydrogens (tertiary/aromatic N) is 5. The molecule has 0 atom stereocenters. The van der Waals surface area contributed by atoms with Crippen LogP contribution in [0.3, 0.4) is 0 Å². The highest BCUT2D eigenvalue weighted by molar-refractivity contribution is 5.98. The number of urea groups is 1. The minimum Gasteiger partial charge on any atom is -0.497 e. The van der Waals surface area contributed by atoms with Crippen LogP contribution in [0.25, 0.3) is 22.0 Å². The fourth-order valence-electron chi connectivity index (χ4n) is 5.07. The number of hydrogen-bond acceptors (Lipinski definition) is 8. The summed E-state index contributed by atoms with van der Waals surface area (Å²) in [5.41, 5.74) is 1.60. The van der Waals surface area contributed by atoms with Gasteiger partial charge in [0, 0.05) is 74.5 Å². The van der Waals surface area contributed by atoms with E-state index in [0.29, 0.717) is 40.8 Å². The van der Waals surface area contributed by atoms with Crippen LogP contribution in [-0.2, 0) is 4.79 Å². The van der Waals surface area contributed by atoms with Crippen molar-refractivity contribution in [2.45, 2.75) is 46.1 Å². The Bertz CT molecular complexity index is 1410. The molecular weight excluding hydrogens is 546 g/mol. The Balaban J connectivity index is 1.63. The third kappa shape index (κ3) is 8.77. The van der Waals surface area contributed by atoms with E-state index < -0.39 is 5.54 Å². The molecule has 0 bridgehead atoms. The van der Waals surface area contributed by atoms with Crippen molar-refractivity contribution in [3.8, 4) is 22.6 Å². The number of unbranched alkanes of at least 4 members (excludes halogenated alkanes) is 1. The summed E-state index contributed by atoms with van der Waals surface area (Å²) in [4.78, 5) is 41.7. The van der Waals surface area contributed by atoms with E-state index in [9.17, 15) is 9.59 Å². The van der Waals surface area contributed by atoms with Gasteiger partial charge in [0.25, 0.3) is 0 Å². The molecule has 2 aromatic heterocycles. The van der Waals surface area contributed by atoms with E-state index in [4.69, 9.17) is 14.5 Å². The molecule has 1 fully saturated rings. The van der Waals surface area contributed by atoms with Gasteiger partial charge in [-0.15, -0.1) is 0 Å². The summed E-state index contributed by atoms with van der Waals surface area (Å²) in [5, 5.41) is 6.62. The molecule has 0 spiro atoms. The van der Waals surface area contributed by atoms with E-state index in [0.717, 1.165) is 56.5 Å². The average Bonchev–Trinajstić information content (AvgIpc) is 2.96. The summed E-state index contributed by atoms with van der Waals surface area (Å²) in [6.07, 6.45) is 3.59. The van der Waals surface area contributed by atoms with Crippen LogP contribution in [-0.4, -0.2) is 97.8 Å². The molecule has 0 unspecified atom stereocenters. The van der Waals surface area contributed by atoms with Crippen molar-refractivity contribution in [1.82, 2.24) is 25.1 Å². The predicted octanol–water partition coefficient (Wildman–Crippen LogP) is 4.61. The first kappa shape index (κ1) is 32.0. The number of piperazine rings is 1. The standard InChI is InChI=1S/C32H45N7O4/c1-22(40)39(11-9-8-10-38-14-12-37(5)13-15-38)29-20-28-24(21-33-29)18-27(23-16-25(42-6)19-26(17-23)43-7)30(34-28)35-31(41)36-32(2,3)4/h16-21H,8-15H2,1-7H3,(H2,34,35,36,41). The zero-order chi connectivity index (χ0) is 31.1. The maximum absolute atomic E-state index is 13.0. The molecule has 4 rings (SSSR count). The number of aromatic nitrogens is 2. The highest BCUT2D eigenvalue weighted by atomic mass is 16.5. The Morgan fingerprint density at radius 2 is 1.65 bits per heavy atom. The van der Waals surface area contributed by atoms with Gasteiger partial charge in [-0.1, -0.05) is 0 Å². The minimum atomic E-state index is -0.441. The summed E-state index contributed by atoms with van der Waals surface area (Å²) < 4.78 is 11.0. The third-order valence-corrected chi connectivity index (χ3v) is 7.43. The zero-order valence-electron chi connectivity index (χ0n) is 26.5. The van der Waals surface area contributed by atoms with Gasteiger partial charge in [-0.2, -0.15) is 0 Å². The molecule has 1 saturated heterocycles. The molecule has 3 amide bonds. The first-order chi connectivity index (χ1) is 20.5. The molecule has 232 valence electrons. The van der Waals surface area contributed by atoms with E-state index in [1.807, 2.05) is 39.0 Å². The molecule has 1 aromatic carbocycles. The number of carbonyl (C=O) groups is 2. The number of nitrogens with one attached hydrogen (secondary N) is 2. The monoisotopic (exact) mass is 591 g/mol.